The number of para-hydroxylation sites is 1. The van der Waals surface area contributed by atoms with Crippen LogP contribution >= 0.6 is 0 Å². The van der Waals surface area contributed by atoms with Crippen molar-refractivity contribution in [2.75, 3.05) is 40.3 Å². The number of aliphatic imine (C=N–C) groups is 1. The van der Waals surface area contributed by atoms with E-state index in [1.54, 1.807) is 14.2 Å². The summed E-state index contributed by atoms with van der Waals surface area (Å²) >= 11 is 0. The quantitative estimate of drug-likeness (QED) is 0.370. The average molecular weight is 333 g/mol. The zero-order chi connectivity index (χ0) is 17.4. The molecular formula is C16H23N5O3. The van der Waals surface area contributed by atoms with Crippen LogP contribution in [0.25, 0.3) is 0 Å². The predicted molar refractivity (Wildman–Crippen MR) is 91.2 cm³/mol. The molecule has 8 nitrogen and oxygen atoms in total. The number of hydrogen-bond acceptors (Lipinski definition) is 4. The number of guanidine groups is 1. The molecule has 0 aliphatic carbocycles. The average Bonchev–Trinajstić information content (AvgIpc) is 2.92. The van der Waals surface area contributed by atoms with Crippen LogP contribution in [-0.4, -0.2) is 63.1 Å². The van der Waals surface area contributed by atoms with E-state index >= 15 is 0 Å². The monoisotopic (exact) mass is 333 g/mol. The number of rotatable bonds is 7. The summed E-state index contributed by atoms with van der Waals surface area (Å²) in [4.78, 5) is 28.2. The van der Waals surface area contributed by atoms with Crippen LogP contribution in [-0.2, 0) is 11.2 Å². The first kappa shape index (κ1) is 17.6. The zero-order valence-electron chi connectivity index (χ0n) is 14.0. The summed E-state index contributed by atoms with van der Waals surface area (Å²) in [6, 6.07) is 7.52. The van der Waals surface area contributed by atoms with Gasteiger partial charge in [-0.25, -0.2) is 4.79 Å². The smallest absolute Gasteiger partial charge is 0.324 e. The molecule has 1 saturated heterocycles. The molecule has 24 heavy (non-hydrogen) atoms. The van der Waals surface area contributed by atoms with Crippen molar-refractivity contribution in [1.29, 1.82) is 0 Å². The van der Waals surface area contributed by atoms with Crippen LogP contribution in [0, 0.1) is 0 Å². The molecule has 0 atom stereocenters. The van der Waals surface area contributed by atoms with Crippen LogP contribution in [0.4, 0.5) is 4.79 Å². The van der Waals surface area contributed by atoms with Gasteiger partial charge in [0, 0.05) is 26.7 Å². The molecule has 8 heteroatoms. The topological polar surface area (TPSA) is 95.1 Å². The number of hydrogen-bond donors (Lipinski definition) is 3. The van der Waals surface area contributed by atoms with E-state index in [-0.39, 0.29) is 18.5 Å². The molecule has 0 unspecified atom stereocenters. The number of amides is 3. The third-order valence-electron chi connectivity index (χ3n) is 3.67. The van der Waals surface area contributed by atoms with Crippen molar-refractivity contribution in [2.24, 2.45) is 4.99 Å². The van der Waals surface area contributed by atoms with Gasteiger partial charge < -0.3 is 20.7 Å². The Bertz CT molecular complexity index is 601. The summed E-state index contributed by atoms with van der Waals surface area (Å²) in [6.45, 7) is 1.50. The number of ether oxygens (including phenoxy) is 1. The maximum absolute atomic E-state index is 11.5. The molecule has 1 aliphatic heterocycles. The highest BCUT2D eigenvalue weighted by molar-refractivity contribution is 6.01. The number of carbonyl (C=O) groups excluding carboxylic acids is 2. The lowest BCUT2D eigenvalue weighted by molar-refractivity contribution is -0.124. The van der Waals surface area contributed by atoms with Crippen LogP contribution in [0.15, 0.2) is 29.3 Å². The molecule has 130 valence electrons. The van der Waals surface area contributed by atoms with Gasteiger partial charge in [-0.1, -0.05) is 18.2 Å². The molecule has 1 fully saturated rings. The second-order valence-corrected chi connectivity index (χ2v) is 5.19. The molecule has 1 aliphatic rings. The van der Waals surface area contributed by atoms with Crippen molar-refractivity contribution in [1.82, 2.24) is 20.9 Å². The molecule has 0 spiro atoms. The van der Waals surface area contributed by atoms with E-state index in [0.717, 1.165) is 17.7 Å². The van der Waals surface area contributed by atoms with Crippen LogP contribution in [0.2, 0.25) is 0 Å². The summed E-state index contributed by atoms with van der Waals surface area (Å²) in [5.41, 5.74) is 1.11. The standard InChI is InChI=1S/C16H23N5O3/c1-17-15(19-9-10-21-14(22)11-20-16(21)23)18-8-7-12-5-3-4-6-13(12)24-2/h3-6H,7-11H2,1-2H3,(H,20,23)(H2,17,18,19). The van der Waals surface area contributed by atoms with Gasteiger partial charge in [0.05, 0.1) is 13.7 Å². The largest absolute Gasteiger partial charge is 0.496 e. The van der Waals surface area contributed by atoms with Gasteiger partial charge in [-0.15, -0.1) is 0 Å². The van der Waals surface area contributed by atoms with Gasteiger partial charge in [-0.3, -0.25) is 14.7 Å². The van der Waals surface area contributed by atoms with Gasteiger partial charge in [0.2, 0.25) is 5.91 Å². The highest BCUT2D eigenvalue weighted by Crippen LogP contribution is 2.17. The first-order valence-electron chi connectivity index (χ1n) is 7.80. The summed E-state index contributed by atoms with van der Waals surface area (Å²) in [5.74, 6) is 1.28. The van der Waals surface area contributed by atoms with E-state index in [9.17, 15) is 9.59 Å². The van der Waals surface area contributed by atoms with Crippen molar-refractivity contribution in [3.8, 4) is 5.75 Å². The van der Waals surface area contributed by atoms with Crippen LogP contribution in [0.1, 0.15) is 5.56 Å². The van der Waals surface area contributed by atoms with Gasteiger partial charge in [-0.05, 0) is 18.1 Å². The van der Waals surface area contributed by atoms with Crippen molar-refractivity contribution in [2.45, 2.75) is 6.42 Å². The Morgan fingerprint density at radius 3 is 2.71 bits per heavy atom. The third-order valence-corrected chi connectivity index (χ3v) is 3.67. The Hall–Kier alpha value is -2.77. The third kappa shape index (κ3) is 4.61. The lowest BCUT2D eigenvalue weighted by Gasteiger charge is -2.15. The number of nitrogens with one attached hydrogen (secondary N) is 3. The van der Waals surface area contributed by atoms with E-state index in [4.69, 9.17) is 4.74 Å². The van der Waals surface area contributed by atoms with Crippen LogP contribution in [0.5, 0.6) is 5.75 Å². The predicted octanol–water partition coefficient (Wildman–Crippen LogP) is -0.0455. The molecular weight excluding hydrogens is 310 g/mol. The molecule has 1 aromatic rings. The lowest BCUT2D eigenvalue weighted by atomic mass is 10.1. The van der Waals surface area contributed by atoms with E-state index in [1.165, 1.54) is 4.90 Å². The molecule has 0 saturated carbocycles. The number of benzene rings is 1. The Morgan fingerprint density at radius 2 is 2.04 bits per heavy atom. The number of urea groups is 1. The van der Waals surface area contributed by atoms with Crippen molar-refractivity contribution in [3.63, 3.8) is 0 Å². The van der Waals surface area contributed by atoms with E-state index in [0.29, 0.717) is 25.6 Å². The second-order valence-electron chi connectivity index (χ2n) is 5.19. The number of imide groups is 1. The lowest BCUT2D eigenvalue weighted by Crippen LogP contribution is -2.43. The van der Waals surface area contributed by atoms with Crippen molar-refractivity contribution >= 4 is 17.9 Å². The zero-order valence-corrected chi connectivity index (χ0v) is 14.0. The van der Waals surface area contributed by atoms with Gasteiger partial charge in [0.15, 0.2) is 5.96 Å². The van der Waals surface area contributed by atoms with E-state index in [1.807, 2.05) is 24.3 Å². The van der Waals surface area contributed by atoms with Gasteiger partial charge >= 0.3 is 6.03 Å². The summed E-state index contributed by atoms with van der Waals surface area (Å²) in [5, 5.41) is 8.77. The first-order valence-corrected chi connectivity index (χ1v) is 7.80. The Kier molecular flexibility index (Phi) is 6.41. The Morgan fingerprint density at radius 1 is 1.29 bits per heavy atom. The van der Waals surface area contributed by atoms with Crippen LogP contribution < -0.4 is 20.7 Å². The fraction of sp³-hybridized carbons (Fsp3) is 0.438. The molecule has 0 radical (unpaired) electrons. The summed E-state index contributed by atoms with van der Waals surface area (Å²) in [6.07, 6.45) is 0.789. The maximum Gasteiger partial charge on any atom is 0.324 e. The highest BCUT2D eigenvalue weighted by atomic mass is 16.5. The fourth-order valence-electron chi connectivity index (χ4n) is 2.41. The Labute approximate surface area is 141 Å². The minimum atomic E-state index is -0.346. The summed E-state index contributed by atoms with van der Waals surface area (Å²) in [7, 11) is 3.33. The van der Waals surface area contributed by atoms with E-state index in [2.05, 4.69) is 20.9 Å². The van der Waals surface area contributed by atoms with Crippen molar-refractivity contribution in [3.05, 3.63) is 29.8 Å². The molecule has 1 aromatic carbocycles. The summed E-state index contributed by atoms with van der Waals surface area (Å²) < 4.78 is 5.32. The molecule has 3 N–H and O–H groups in total. The Balaban J connectivity index is 1.73. The maximum atomic E-state index is 11.5. The molecule has 0 bridgehead atoms. The van der Waals surface area contributed by atoms with Gasteiger partial charge in [0.1, 0.15) is 5.75 Å². The van der Waals surface area contributed by atoms with Gasteiger partial charge in [-0.2, -0.15) is 0 Å². The second kappa shape index (κ2) is 8.76. The minimum Gasteiger partial charge on any atom is -0.496 e. The van der Waals surface area contributed by atoms with Crippen LogP contribution in [0.3, 0.4) is 0 Å². The molecule has 1 heterocycles. The fourth-order valence-corrected chi connectivity index (χ4v) is 2.41. The number of methoxy groups -OCH3 is 1. The minimum absolute atomic E-state index is 0.0741. The molecule has 2 rings (SSSR count). The number of carbonyl (C=O) groups is 2. The normalized spacial score (nSPS) is 14.6. The SMILES string of the molecule is CN=C(NCCc1ccccc1OC)NCCN1C(=O)CNC1=O. The molecule has 0 aromatic heterocycles. The van der Waals surface area contributed by atoms with E-state index < -0.39 is 0 Å². The first-order chi connectivity index (χ1) is 11.7. The molecule has 3 amide bonds. The van der Waals surface area contributed by atoms with Gasteiger partial charge in [0.25, 0.3) is 0 Å². The number of nitrogens with zero attached hydrogens (tertiary/aromatic N) is 2. The highest BCUT2D eigenvalue weighted by Gasteiger charge is 2.27. The van der Waals surface area contributed by atoms with Crippen molar-refractivity contribution < 1.29 is 14.3 Å².